The van der Waals surface area contributed by atoms with E-state index in [1.165, 1.54) is 22.1 Å². The van der Waals surface area contributed by atoms with Gasteiger partial charge in [-0.25, -0.2) is 9.67 Å². The van der Waals surface area contributed by atoms with Crippen LogP contribution in [-0.2, 0) is 10.9 Å². The van der Waals surface area contributed by atoms with Gasteiger partial charge in [0.25, 0.3) is 0 Å². The third-order valence-corrected chi connectivity index (χ3v) is 7.22. The number of rotatable bonds is 5. The molecular weight excluding hydrogens is 537 g/mol. The molecule has 0 bridgehead atoms. The Kier molecular flexibility index (Phi) is 6.91. The van der Waals surface area contributed by atoms with Crippen LogP contribution in [0.3, 0.4) is 0 Å². The maximum atomic E-state index is 12.9. The van der Waals surface area contributed by atoms with Crippen LogP contribution in [0.1, 0.15) is 11.7 Å². The van der Waals surface area contributed by atoms with E-state index in [9.17, 15) is 28.5 Å². The summed E-state index contributed by atoms with van der Waals surface area (Å²) in [5.74, 6) is 0. The highest BCUT2D eigenvalue weighted by molar-refractivity contribution is 9.10. The van der Waals surface area contributed by atoms with E-state index >= 15 is 0 Å². The number of ether oxygens (including phenoxy) is 1. The molecule has 0 aliphatic carbocycles. The number of aliphatic hydroxyl groups excluding tert-OH is 3. The van der Waals surface area contributed by atoms with E-state index in [1.54, 1.807) is 6.20 Å². The number of aliphatic hydroxyl groups is 3. The number of thiophene rings is 1. The highest BCUT2D eigenvalue weighted by atomic mass is 79.9. The molecule has 0 radical (unpaired) electrons. The number of hydrogen-bond donors (Lipinski definition) is 3. The lowest BCUT2D eigenvalue weighted by Gasteiger charge is -2.41. The van der Waals surface area contributed by atoms with E-state index < -0.39 is 48.3 Å². The van der Waals surface area contributed by atoms with Gasteiger partial charge in [0.2, 0.25) is 0 Å². The van der Waals surface area contributed by atoms with Crippen molar-refractivity contribution in [2.24, 2.45) is 0 Å². The fraction of sp³-hybridized carbons (Fsp3) is 0.389. The van der Waals surface area contributed by atoms with Crippen molar-refractivity contribution in [2.45, 2.75) is 40.9 Å². The van der Waals surface area contributed by atoms with Crippen LogP contribution in [0.15, 0.2) is 44.7 Å². The molecule has 32 heavy (non-hydrogen) atoms. The van der Waals surface area contributed by atoms with Crippen molar-refractivity contribution in [3.63, 3.8) is 0 Å². The highest BCUT2D eigenvalue weighted by Crippen LogP contribution is 2.40. The number of pyridine rings is 1. The zero-order valence-electron chi connectivity index (χ0n) is 15.9. The van der Waals surface area contributed by atoms with Gasteiger partial charge in [0.1, 0.15) is 35.5 Å². The van der Waals surface area contributed by atoms with Crippen LogP contribution in [0.2, 0.25) is 0 Å². The zero-order valence-corrected chi connectivity index (χ0v) is 19.1. The van der Waals surface area contributed by atoms with Crippen LogP contribution < -0.4 is 0 Å². The van der Waals surface area contributed by atoms with Crippen LogP contribution in [0.5, 0.6) is 0 Å². The van der Waals surface area contributed by atoms with Crippen molar-refractivity contribution < 1.29 is 33.2 Å². The van der Waals surface area contributed by atoms with E-state index in [0.29, 0.717) is 10.6 Å². The van der Waals surface area contributed by atoms with Crippen LogP contribution in [0.4, 0.5) is 13.2 Å². The minimum absolute atomic E-state index is 0.257. The number of thioether (sulfide) groups is 1. The van der Waals surface area contributed by atoms with Crippen LogP contribution in [0.25, 0.3) is 11.3 Å². The van der Waals surface area contributed by atoms with Crippen LogP contribution >= 0.6 is 39.0 Å². The molecule has 5 atom stereocenters. The number of hydrogen-bond acceptors (Lipinski definition) is 9. The van der Waals surface area contributed by atoms with E-state index in [-0.39, 0.29) is 4.47 Å². The summed E-state index contributed by atoms with van der Waals surface area (Å²) in [7, 11) is 0. The van der Waals surface area contributed by atoms with Gasteiger partial charge >= 0.3 is 6.18 Å². The minimum atomic E-state index is -4.62. The summed E-state index contributed by atoms with van der Waals surface area (Å²) in [6.45, 7) is -0.539. The summed E-state index contributed by atoms with van der Waals surface area (Å²) in [5.41, 5.74) is -0.739. The van der Waals surface area contributed by atoms with Gasteiger partial charge in [0.15, 0.2) is 5.69 Å². The first-order valence-corrected chi connectivity index (χ1v) is 11.8. The normalized spacial score (nSPS) is 26.4. The Hall–Kier alpha value is -1.55. The molecule has 172 valence electrons. The smallest absolute Gasteiger partial charge is 0.394 e. The molecule has 0 aromatic carbocycles. The van der Waals surface area contributed by atoms with E-state index in [4.69, 9.17) is 4.74 Å². The quantitative estimate of drug-likeness (QED) is 0.442. The molecule has 0 amide bonds. The lowest BCUT2D eigenvalue weighted by molar-refractivity contribution is -0.178. The lowest BCUT2D eigenvalue weighted by atomic mass is 9.97. The Morgan fingerprint density at radius 1 is 1.28 bits per heavy atom. The molecule has 3 aromatic rings. The first kappa shape index (κ1) is 23.6. The fourth-order valence-corrected chi connectivity index (χ4v) is 5.71. The largest absolute Gasteiger partial charge is 0.434 e. The molecule has 8 nitrogen and oxygen atoms in total. The first-order valence-electron chi connectivity index (χ1n) is 9.15. The Balaban J connectivity index is 1.59. The van der Waals surface area contributed by atoms with Crippen LogP contribution in [0, 0.1) is 0 Å². The molecule has 0 saturated carbocycles. The summed E-state index contributed by atoms with van der Waals surface area (Å²) < 4.78 is 45.5. The van der Waals surface area contributed by atoms with Crippen molar-refractivity contribution in [2.75, 3.05) is 6.61 Å². The average Bonchev–Trinajstić information content (AvgIpc) is 3.41. The summed E-state index contributed by atoms with van der Waals surface area (Å²) in [4.78, 5) is 3.74. The zero-order chi connectivity index (χ0) is 23.0. The predicted octanol–water partition coefficient (Wildman–Crippen LogP) is 2.96. The van der Waals surface area contributed by atoms with Gasteiger partial charge in [-0.3, -0.25) is 0 Å². The summed E-state index contributed by atoms with van der Waals surface area (Å²) >= 11 is 5.26. The number of aromatic nitrogens is 4. The molecule has 0 spiro atoms. The Labute approximate surface area is 196 Å². The maximum Gasteiger partial charge on any atom is 0.434 e. The van der Waals surface area contributed by atoms with Crippen molar-refractivity contribution >= 4 is 39.0 Å². The second-order valence-electron chi connectivity index (χ2n) is 6.91. The third-order valence-electron chi connectivity index (χ3n) is 4.82. The molecular formula is C18H16BrF3N4O4S2. The highest BCUT2D eigenvalue weighted by Gasteiger charge is 2.46. The molecule has 3 N–H and O–H groups in total. The standard InChI is InChI=1S/C18H16BrF3N4O4S2/c19-10-3-9(4-23-16(10)18(20,21)22)32-17-15(29)13(14(28)12(6-27)30-17)26-5-11(24-25-26)8-1-2-31-7-8/h1-5,7,12-15,17,27-29H,6H2/t12?,13?,14-,15?,17+/m0/s1. The van der Waals surface area contributed by atoms with Gasteiger partial charge in [-0.1, -0.05) is 17.0 Å². The third kappa shape index (κ3) is 4.71. The molecule has 1 aliphatic heterocycles. The molecule has 1 fully saturated rings. The predicted molar refractivity (Wildman–Crippen MR) is 113 cm³/mol. The Bertz CT molecular complexity index is 1070. The SMILES string of the molecule is OCC1O[C@H](Sc2cnc(C(F)(F)F)c(Br)c2)C(O)C(n2cc(-c3ccsc3)nn2)[C@H]1O. The Morgan fingerprint density at radius 3 is 2.69 bits per heavy atom. The summed E-state index contributed by atoms with van der Waals surface area (Å²) in [5, 5.41) is 43.1. The van der Waals surface area contributed by atoms with Crippen molar-refractivity contribution in [1.29, 1.82) is 0 Å². The van der Waals surface area contributed by atoms with Gasteiger partial charge in [0.05, 0.1) is 12.8 Å². The lowest BCUT2D eigenvalue weighted by Crippen LogP contribution is -2.55. The molecule has 3 unspecified atom stereocenters. The van der Waals surface area contributed by atoms with Crippen molar-refractivity contribution in [3.05, 3.63) is 45.5 Å². The second-order valence-corrected chi connectivity index (χ2v) is 9.72. The van der Waals surface area contributed by atoms with Gasteiger partial charge in [0, 0.05) is 26.5 Å². The minimum Gasteiger partial charge on any atom is -0.394 e. The average molecular weight is 553 g/mol. The second kappa shape index (κ2) is 9.37. The van der Waals surface area contributed by atoms with Crippen molar-refractivity contribution in [1.82, 2.24) is 20.0 Å². The van der Waals surface area contributed by atoms with Gasteiger partial charge < -0.3 is 20.1 Å². The molecule has 3 aromatic heterocycles. The van der Waals surface area contributed by atoms with E-state index in [1.807, 2.05) is 16.8 Å². The maximum absolute atomic E-state index is 12.9. The van der Waals surface area contributed by atoms with Gasteiger partial charge in [-0.15, -0.1) is 5.10 Å². The molecule has 4 rings (SSSR count). The number of nitrogens with zero attached hydrogens (tertiary/aromatic N) is 4. The Morgan fingerprint density at radius 2 is 2.06 bits per heavy atom. The van der Waals surface area contributed by atoms with Crippen molar-refractivity contribution in [3.8, 4) is 11.3 Å². The number of halogens is 4. The van der Waals surface area contributed by atoms with Gasteiger partial charge in [-0.05, 0) is 33.4 Å². The fourth-order valence-electron chi connectivity index (χ4n) is 3.27. The van der Waals surface area contributed by atoms with E-state index in [0.717, 1.165) is 23.5 Å². The van der Waals surface area contributed by atoms with Crippen LogP contribution in [-0.4, -0.2) is 65.7 Å². The molecule has 4 heterocycles. The summed E-state index contributed by atoms with van der Waals surface area (Å²) in [6.07, 6.45) is -5.71. The molecule has 1 saturated heterocycles. The number of alkyl halides is 3. The first-order chi connectivity index (χ1) is 15.2. The monoisotopic (exact) mass is 552 g/mol. The molecule has 14 heteroatoms. The topological polar surface area (TPSA) is 114 Å². The van der Waals surface area contributed by atoms with Gasteiger partial charge in [-0.2, -0.15) is 24.5 Å². The van der Waals surface area contributed by atoms with E-state index in [2.05, 4.69) is 31.2 Å². The summed E-state index contributed by atoms with van der Waals surface area (Å²) in [6, 6.07) is 2.05. The molecule has 1 aliphatic rings.